The maximum atomic E-state index is 10.1. The summed E-state index contributed by atoms with van der Waals surface area (Å²) in [6.07, 6.45) is 7.99. The fourth-order valence-corrected chi connectivity index (χ4v) is 6.10. The molecule has 2 nitrogen and oxygen atoms in total. The largest absolute Gasteiger partial charge is 0.307 e. The highest BCUT2D eigenvalue weighted by atomic mass is 32.1. The van der Waals surface area contributed by atoms with Crippen molar-refractivity contribution in [3.05, 3.63) is 108 Å². The van der Waals surface area contributed by atoms with Crippen molar-refractivity contribution < 1.29 is 0 Å². The van der Waals surface area contributed by atoms with Crippen LogP contribution < -0.4 is 0 Å². The standard InChI is InChI=1S/C32H20N2S/c1-3-21(20-33)32(34-28-14-8-5-11-24(28)25-12-6-9-15-29(25)34)23(4-2)22-17-18-31-27(19-22)26-13-7-10-16-30(26)35-31/h1,4-19H,2H3/b23-4-,32-21-. The number of para-hydroxylation sites is 2. The molecule has 4 aromatic carbocycles. The number of nitrogens with zero attached hydrogens (tertiary/aromatic N) is 2. The van der Waals surface area contributed by atoms with Crippen LogP contribution in [-0.4, -0.2) is 4.57 Å². The van der Waals surface area contributed by atoms with E-state index in [-0.39, 0.29) is 0 Å². The van der Waals surface area contributed by atoms with E-state index in [0.717, 1.165) is 38.6 Å². The van der Waals surface area contributed by atoms with E-state index in [1.165, 1.54) is 20.2 Å². The summed E-state index contributed by atoms with van der Waals surface area (Å²) >= 11 is 1.79. The molecule has 0 spiro atoms. The number of rotatable bonds is 3. The molecule has 0 aliphatic carbocycles. The van der Waals surface area contributed by atoms with Gasteiger partial charge in [-0.25, -0.2) is 0 Å². The van der Waals surface area contributed by atoms with Crippen LogP contribution in [0.1, 0.15) is 12.5 Å². The molecular formula is C32H20N2S. The minimum Gasteiger partial charge on any atom is -0.307 e. The number of fused-ring (bicyclic) bond motifs is 6. The number of allylic oxidation sites excluding steroid dienone is 4. The third-order valence-corrected chi connectivity index (χ3v) is 7.68. The van der Waals surface area contributed by atoms with Gasteiger partial charge < -0.3 is 4.57 Å². The van der Waals surface area contributed by atoms with Gasteiger partial charge in [-0.3, -0.25) is 0 Å². The third-order valence-electron chi connectivity index (χ3n) is 6.53. The molecule has 0 saturated carbocycles. The molecule has 35 heavy (non-hydrogen) atoms. The molecule has 0 amide bonds. The molecular weight excluding hydrogens is 444 g/mol. The molecule has 6 rings (SSSR count). The Bertz CT molecular complexity index is 1860. The Morgan fingerprint density at radius 2 is 1.40 bits per heavy atom. The van der Waals surface area contributed by atoms with Crippen LogP contribution in [0.5, 0.6) is 0 Å². The lowest BCUT2D eigenvalue weighted by molar-refractivity contribution is 1.23. The zero-order valence-electron chi connectivity index (χ0n) is 19.1. The Kier molecular flexibility index (Phi) is 5.00. The molecule has 2 aromatic heterocycles. The highest BCUT2D eigenvalue weighted by Gasteiger charge is 2.21. The average Bonchev–Trinajstić information content (AvgIpc) is 3.44. The molecule has 0 unspecified atom stereocenters. The van der Waals surface area contributed by atoms with E-state index in [2.05, 4.69) is 89.4 Å². The number of nitriles is 1. The maximum Gasteiger partial charge on any atom is 0.126 e. The summed E-state index contributed by atoms with van der Waals surface area (Å²) in [5, 5.41) is 14.8. The Balaban J connectivity index is 1.69. The van der Waals surface area contributed by atoms with Gasteiger partial charge in [-0.15, -0.1) is 17.8 Å². The summed E-state index contributed by atoms with van der Waals surface area (Å²) in [5.74, 6) is 2.67. The summed E-state index contributed by atoms with van der Waals surface area (Å²) in [6.45, 7) is 2.00. The molecule has 0 radical (unpaired) electrons. The van der Waals surface area contributed by atoms with Crippen molar-refractivity contribution in [2.75, 3.05) is 0 Å². The molecule has 0 bridgehead atoms. The molecule has 0 aliphatic rings. The van der Waals surface area contributed by atoms with Crippen LogP contribution in [0.3, 0.4) is 0 Å². The molecule has 0 aliphatic heterocycles. The number of aromatic nitrogens is 1. The van der Waals surface area contributed by atoms with Crippen molar-refractivity contribution in [1.29, 1.82) is 5.26 Å². The van der Waals surface area contributed by atoms with Gasteiger partial charge in [-0.2, -0.15) is 5.26 Å². The van der Waals surface area contributed by atoms with Gasteiger partial charge in [0.15, 0.2) is 0 Å². The second kappa shape index (κ2) is 8.33. The third kappa shape index (κ3) is 3.18. The monoisotopic (exact) mass is 464 g/mol. The quantitative estimate of drug-likeness (QED) is 0.146. The summed E-state index contributed by atoms with van der Waals surface area (Å²) in [5.41, 5.74) is 5.04. The van der Waals surface area contributed by atoms with E-state index < -0.39 is 0 Å². The minimum absolute atomic E-state index is 0.305. The van der Waals surface area contributed by atoms with Crippen molar-refractivity contribution in [2.45, 2.75) is 6.92 Å². The zero-order chi connectivity index (χ0) is 23.9. The van der Waals surface area contributed by atoms with E-state index in [1.807, 2.05) is 31.2 Å². The second-order valence-electron chi connectivity index (χ2n) is 8.36. The SMILES string of the molecule is C#C/C(C#N)=C(\C(=C/C)c1ccc2sc3ccccc3c2c1)n1c2ccccc2c2ccccc21. The van der Waals surface area contributed by atoms with Crippen LogP contribution >= 0.6 is 11.3 Å². The molecule has 2 heterocycles. The van der Waals surface area contributed by atoms with Gasteiger partial charge in [0.2, 0.25) is 0 Å². The number of hydrogen-bond donors (Lipinski definition) is 0. The van der Waals surface area contributed by atoms with E-state index in [0.29, 0.717) is 5.57 Å². The topological polar surface area (TPSA) is 28.7 Å². The Hall–Kier alpha value is -4.57. The Labute approximate surface area is 207 Å². The van der Waals surface area contributed by atoms with Crippen molar-refractivity contribution in [3.8, 4) is 18.4 Å². The van der Waals surface area contributed by atoms with E-state index in [9.17, 15) is 5.26 Å². The van der Waals surface area contributed by atoms with E-state index in [1.54, 1.807) is 11.3 Å². The first-order chi connectivity index (χ1) is 17.2. The van der Waals surface area contributed by atoms with Crippen molar-refractivity contribution in [2.24, 2.45) is 0 Å². The lowest BCUT2D eigenvalue weighted by Gasteiger charge is -2.17. The lowest BCUT2D eigenvalue weighted by Crippen LogP contribution is -2.03. The first-order valence-electron chi connectivity index (χ1n) is 11.4. The molecule has 3 heteroatoms. The van der Waals surface area contributed by atoms with Gasteiger partial charge in [0.05, 0.1) is 16.7 Å². The van der Waals surface area contributed by atoms with Gasteiger partial charge in [0, 0.05) is 36.5 Å². The summed E-state index contributed by atoms with van der Waals surface area (Å²) in [6, 6.07) is 33.8. The second-order valence-corrected chi connectivity index (χ2v) is 9.44. The fourth-order valence-electron chi connectivity index (χ4n) is 5.02. The predicted molar refractivity (Wildman–Crippen MR) is 150 cm³/mol. The van der Waals surface area contributed by atoms with Crippen LogP contribution in [0.4, 0.5) is 0 Å². The summed E-state index contributed by atoms with van der Waals surface area (Å²) < 4.78 is 4.65. The number of thiophene rings is 1. The van der Waals surface area contributed by atoms with E-state index >= 15 is 0 Å². The maximum absolute atomic E-state index is 10.1. The van der Waals surface area contributed by atoms with Crippen LogP contribution in [0.25, 0.3) is 53.2 Å². The zero-order valence-corrected chi connectivity index (χ0v) is 19.9. The predicted octanol–water partition coefficient (Wildman–Crippen LogP) is 8.63. The van der Waals surface area contributed by atoms with E-state index in [4.69, 9.17) is 6.42 Å². The highest BCUT2D eigenvalue weighted by molar-refractivity contribution is 7.25. The normalized spacial score (nSPS) is 12.7. The molecule has 164 valence electrons. The Morgan fingerprint density at radius 1 is 0.800 bits per heavy atom. The number of hydrogen-bond acceptors (Lipinski definition) is 2. The fraction of sp³-hybridized carbons (Fsp3) is 0.0312. The number of benzene rings is 4. The van der Waals surface area contributed by atoms with Gasteiger partial charge >= 0.3 is 0 Å². The molecule has 0 atom stereocenters. The van der Waals surface area contributed by atoms with Gasteiger partial charge in [0.25, 0.3) is 0 Å². The van der Waals surface area contributed by atoms with Crippen molar-refractivity contribution in [3.63, 3.8) is 0 Å². The summed E-state index contributed by atoms with van der Waals surface area (Å²) in [4.78, 5) is 0. The minimum atomic E-state index is 0.305. The molecule has 6 aromatic rings. The first-order valence-corrected chi connectivity index (χ1v) is 12.2. The Morgan fingerprint density at radius 3 is 2.03 bits per heavy atom. The smallest absolute Gasteiger partial charge is 0.126 e. The average molecular weight is 465 g/mol. The lowest BCUT2D eigenvalue weighted by atomic mass is 9.97. The van der Waals surface area contributed by atoms with Gasteiger partial charge in [-0.05, 0) is 42.8 Å². The van der Waals surface area contributed by atoms with Crippen molar-refractivity contribution >= 4 is 64.6 Å². The molecule has 0 N–H and O–H groups in total. The van der Waals surface area contributed by atoms with Crippen LogP contribution in [0.15, 0.2) is 103 Å². The van der Waals surface area contributed by atoms with Gasteiger partial charge in [-0.1, -0.05) is 72.7 Å². The molecule has 0 saturated heterocycles. The highest BCUT2D eigenvalue weighted by Crippen LogP contribution is 2.40. The van der Waals surface area contributed by atoms with Crippen molar-refractivity contribution in [1.82, 2.24) is 4.57 Å². The van der Waals surface area contributed by atoms with Crippen LogP contribution in [0, 0.1) is 23.7 Å². The van der Waals surface area contributed by atoms with Crippen LogP contribution in [0.2, 0.25) is 0 Å². The van der Waals surface area contributed by atoms with Crippen LogP contribution in [-0.2, 0) is 0 Å². The number of terminal acetylenes is 1. The first kappa shape index (κ1) is 21.0. The molecule has 0 fully saturated rings. The van der Waals surface area contributed by atoms with Gasteiger partial charge in [0.1, 0.15) is 11.6 Å². The summed E-state index contributed by atoms with van der Waals surface area (Å²) in [7, 11) is 0.